The molecule has 0 bridgehead atoms. The van der Waals surface area contributed by atoms with Gasteiger partial charge in [-0.25, -0.2) is 0 Å². The van der Waals surface area contributed by atoms with Crippen molar-refractivity contribution in [1.82, 2.24) is 5.32 Å². The Morgan fingerprint density at radius 2 is 2.07 bits per heavy atom. The van der Waals surface area contributed by atoms with Crippen molar-refractivity contribution in [3.63, 3.8) is 0 Å². The summed E-state index contributed by atoms with van der Waals surface area (Å²) in [5.74, 6) is 0.787. The summed E-state index contributed by atoms with van der Waals surface area (Å²) in [7, 11) is 1.91. The molecule has 3 heteroatoms. The SMILES string of the molecule is CNCC=Cc1ccc(OCCO)cc1. The fourth-order valence-electron chi connectivity index (χ4n) is 1.15. The molecule has 0 radical (unpaired) electrons. The maximum absolute atomic E-state index is 8.58. The Kier molecular flexibility index (Phi) is 5.51. The monoisotopic (exact) mass is 207 g/mol. The minimum absolute atomic E-state index is 0.0455. The third-order valence-electron chi connectivity index (χ3n) is 1.87. The summed E-state index contributed by atoms with van der Waals surface area (Å²) in [5, 5.41) is 11.6. The van der Waals surface area contributed by atoms with Gasteiger partial charge >= 0.3 is 0 Å². The van der Waals surface area contributed by atoms with Crippen LogP contribution in [0.25, 0.3) is 6.08 Å². The number of hydrogen-bond donors (Lipinski definition) is 2. The zero-order valence-corrected chi connectivity index (χ0v) is 8.94. The maximum Gasteiger partial charge on any atom is 0.119 e. The Balaban J connectivity index is 2.48. The number of ether oxygens (including phenoxy) is 1. The first-order chi connectivity index (χ1) is 7.36. The van der Waals surface area contributed by atoms with Crippen LogP contribution in [-0.2, 0) is 0 Å². The van der Waals surface area contributed by atoms with Crippen LogP contribution >= 0.6 is 0 Å². The highest BCUT2D eigenvalue weighted by atomic mass is 16.5. The zero-order valence-electron chi connectivity index (χ0n) is 8.94. The predicted molar refractivity (Wildman–Crippen MR) is 62.0 cm³/mol. The van der Waals surface area contributed by atoms with Gasteiger partial charge in [-0.1, -0.05) is 24.3 Å². The summed E-state index contributed by atoms with van der Waals surface area (Å²) < 4.78 is 5.25. The summed E-state index contributed by atoms with van der Waals surface area (Å²) >= 11 is 0. The van der Waals surface area contributed by atoms with Gasteiger partial charge in [0.25, 0.3) is 0 Å². The number of hydrogen-bond acceptors (Lipinski definition) is 3. The molecule has 0 aliphatic carbocycles. The van der Waals surface area contributed by atoms with Gasteiger partial charge in [0.2, 0.25) is 0 Å². The third-order valence-corrected chi connectivity index (χ3v) is 1.87. The second kappa shape index (κ2) is 7.04. The Morgan fingerprint density at radius 1 is 1.33 bits per heavy atom. The molecule has 0 saturated carbocycles. The summed E-state index contributed by atoms with van der Waals surface area (Å²) in [6.45, 7) is 1.25. The number of benzene rings is 1. The largest absolute Gasteiger partial charge is 0.491 e. The van der Waals surface area contributed by atoms with E-state index in [-0.39, 0.29) is 6.61 Å². The number of aliphatic hydroxyl groups is 1. The van der Waals surface area contributed by atoms with Gasteiger partial charge in [0.05, 0.1) is 6.61 Å². The van der Waals surface area contributed by atoms with Crippen molar-refractivity contribution in [1.29, 1.82) is 0 Å². The topological polar surface area (TPSA) is 41.5 Å². The lowest BCUT2D eigenvalue weighted by Gasteiger charge is -2.03. The second-order valence-corrected chi connectivity index (χ2v) is 3.10. The summed E-state index contributed by atoms with van der Waals surface area (Å²) in [6.07, 6.45) is 4.11. The quantitative estimate of drug-likeness (QED) is 0.738. The molecule has 0 aliphatic heterocycles. The Hall–Kier alpha value is -1.32. The van der Waals surface area contributed by atoms with Gasteiger partial charge in [0, 0.05) is 6.54 Å². The highest BCUT2D eigenvalue weighted by Crippen LogP contribution is 2.12. The lowest BCUT2D eigenvalue weighted by Crippen LogP contribution is -2.03. The van der Waals surface area contributed by atoms with Crippen LogP contribution in [0.1, 0.15) is 5.56 Å². The van der Waals surface area contributed by atoms with E-state index in [0.717, 1.165) is 17.9 Å². The standard InChI is InChI=1S/C12H17NO2/c1-13-8-2-3-11-4-6-12(7-5-11)15-10-9-14/h2-7,13-14H,8-10H2,1H3. The number of likely N-dealkylation sites (N-methyl/N-ethyl adjacent to an activating group) is 1. The molecule has 0 aromatic heterocycles. The molecule has 0 atom stereocenters. The molecular weight excluding hydrogens is 190 g/mol. The minimum atomic E-state index is 0.0455. The predicted octanol–water partition coefficient (Wildman–Crippen LogP) is 1.29. The molecule has 0 heterocycles. The fourth-order valence-corrected chi connectivity index (χ4v) is 1.15. The van der Waals surface area contributed by atoms with E-state index >= 15 is 0 Å². The first kappa shape index (κ1) is 11.8. The van der Waals surface area contributed by atoms with Crippen LogP contribution in [0, 0.1) is 0 Å². The summed E-state index contributed by atoms with van der Waals surface area (Å²) in [4.78, 5) is 0. The van der Waals surface area contributed by atoms with Crippen molar-refractivity contribution in [2.24, 2.45) is 0 Å². The fraction of sp³-hybridized carbons (Fsp3) is 0.333. The molecule has 82 valence electrons. The lowest BCUT2D eigenvalue weighted by atomic mass is 10.2. The van der Waals surface area contributed by atoms with Crippen LogP contribution in [0.4, 0.5) is 0 Å². The Labute approximate surface area is 90.4 Å². The van der Waals surface area contributed by atoms with E-state index in [4.69, 9.17) is 9.84 Å². The van der Waals surface area contributed by atoms with E-state index in [0.29, 0.717) is 6.61 Å². The molecule has 0 spiro atoms. The smallest absolute Gasteiger partial charge is 0.119 e. The van der Waals surface area contributed by atoms with Crippen molar-refractivity contribution in [3.05, 3.63) is 35.9 Å². The van der Waals surface area contributed by atoms with Crippen molar-refractivity contribution < 1.29 is 9.84 Å². The Morgan fingerprint density at radius 3 is 2.67 bits per heavy atom. The number of aliphatic hydroxyl groups excluding tert-OH is 1. The van der Waals surface area contributed by atoms with Crippen LogP contribution < -0.4 is 10.1 Å². The average Bonchev–Trinajstić information content (AvgIpc) is 2.28. The van der Waals surface area contributed by atoms with Gasteiger partial charge in [-0.05, 0) is 24.7 Å². The van der Waals surface area contributed by atoms with Crippen molar-refractivity contribution in [2.75, 3.05) is 26.8 Å². The maximum atomic E-state index is 8.58. The van der Waals surface area contributed by atoms with Crippen LogP contribution in [0.3, 0.4) is 0 Å². The van der Waals surface area contributed by atoms with Crippen LogP contribution in [0.2, 0.25) is 0 Å². The first-order valence-corrected chi connectivity index (χ1v) is 5.01. The van der Waals surface area contributed by atoms with E-state index in [9.17, 15) is 0 Å². The van der Waals surface area contributed by atoms with E-state index in [1.54, 1.807) is 0 Å². The normalized spacial score (nSPS) is 10.8. The van der Waals surface area contributed by atoms with E-state index in [1.165, 1.54) is 0 Å². The minimum Gasteiger partial charge on any atom is -0.491 e. The lowest BCUT2D eigenvalue weighted by molar-refractivity contribution is 0.201. The summed E-state index contributed by atoms with van der Waals surface area (Å²) in [6, 6.07) is 7.77. The molecule has 0 fully saturated rings. The molecule has 0 amide bonds. The molecule has 1 aromatic rings. The van der Waals surface area contributed by atoms with E-state index < -0.39 is 0 Å². The van der Waals surface area contributed by atoms with Gasteiger partial charge in [-0.2, -0.15) is 0 Å². The molecule has 0 aliphatic rings. The van der Waals surface area contributed by atoms with Gasteiger partial charge in [-0.15, -0.1) is 0 Å². The van der Waals surface area contributed by atoms with Crippen molar-refractivity contribution in [3.8, 4) is 5.75 Å². The van der Waals surface area contributed by atoms with Crippen molar-refractivity contribution in [2.45, 2.75) is 0 Å². The van der Waals surface area contributed by atoms with Gasteiger partial charge in [0.15, 0.2) is 0 Å². The highest BCUT2D eigenvalue weighted by Gasteiger charge is 1.92. The van der Waals surface area contributed by atoms with Gasteiger partial charge < -0.3 is 15.2 Å². The molecule has 0 unspecified atom stereocenters. The molecule has 1 rings (SSSR count). The number of rotatable bonds is 6. The van der Waals surface area contributed by atoms with Crippen molar-refractivity contribution >= 4 is 6.08 Å². The van der Waals surface area contributed by atoms with Gasteiger partial charge in [-0.3, -0.25) is 0 Å². The Bertz CT molecular complexity index is 293. The number of nitrogens with one attached hydrogen (secondary N) is 1. The molecular formula is C12H17NO2. The van der Waals surface area contributed by atoms with E-state index in [1.807, 2.05) is 37.4 Å². The second-order valence-electron chi connectivity index (χ2n) is 3.10. The molecule has 2 N–H and O–H groups in total. The third kappa shape index (κ3) is 4.63. The first-order valence-electron chi connectivity index (χ1n) is 5.01. The van der Waals surface area contributed by atoms with E-state index in [2.05, 4.69) is 11.4 Å². The molecule has 3 nitrogen and oxygen atoms in total. The van der Waals surface area contributed by atoms with Crippen LogP contribution in [0.15, 0.2) is 30.3 Å². The van der Waals surface area contributed by atoms with Crippen LogP contribution in [-0.4, -0.2) is 31.9 Å². The highest BCUT2D eigenvalue weighted by molar-refractivity contribution is 5.50. The molecule has 0 saturated heterocycles. The molecule has 1 aromatic carbocycles. The average molecular weight is 207 g/mol. The summed E-state index contributed by atoms with van der Waals surface area (Å²) in [5.41, 5.74) is 1.14. The zero-order chi connectivity index (χ0) is 10.9. The molecule has 15 heavy (non-hydrogen) atoms. The van der Waals surface area contributed by atoms with Crippen LogP contribution in [0.5, 0.6) is 5.75 Å². The van der Waals surface area contributed by atoms with Gasteiger partial charge in [0.1, 0.15) is 12.4 Å².